The van der Waals surface area contributed by atoms with Gasteiger partial charge in [0.2, 0.25) is 0 Å². The summed E-state index contributed by atoms with van der Waals surface area (Å²) in [7, 11) is 3.45. The quantitative estimate of drug-likeness (QED) is 0.527. The van der Waals surface area contributed by atoms with E-state index in [1.54, 1.807) is 14.2 Å². The van der Waals surface area contributed by atoms with Crippen molar-refractivity contribution in [3.8, 4) is 11.5 Å². The molecular formula is C29H34N2O2. The second-order valence-corrected chi connectivity index (χ2v) is 9.25. The van der Waals surface area contributed by atoms with Crippen LogP contribution in [-0.4, -0.2) is 44.3 Å². The van der Waals surface area contributed by atoms with Gasteiger partial charge in [-0.05, 0) is 61.2 Å². The number of nitrogens with zero attached hydrogens (tertiary/aromatic N) is 1. The molecule has 0 unspecified atom stereocenters. The van der Waals surface area contributed by atoms with Gasteiger partial charge in [-0.25, -0.2) is 0 Å². The minimum Gasteiger partial charge on any atom is -0.497 e. The minimum atomic E-state index is 0.334. The average molecular weight is 443 g/mol. The highest BCUT2D eigenvalue weighted by Gasteiger charge is 2.46. The number of piperidine rings is 3. The number of hydrogen-bond donors (Lipinski definition) is 1. The van der Waals surface area contributed by atoms with Crippen molar-refractivity contribution in [1.29, 1.82) is 0 Å². The maximum absolute atomic E-state index is 5.65. The van der Waals surface area contributed by atoms with Gasteiger partial charge in [0, 0.05) is 30.1 Å². The van der Waals surface area contributed by atoms with Gasteiger partial charge in [0.15, 0.2) is 0 Å². The standard InChI is InChI=1S/C29H34N2O2/c1-32-25-13-14-26(33-2)24(19-25)20-30-28-23-15-17-31(18-16-23)29(28)27(21-9-5-3-6-10-21)22-11-7-4-8-12-22/h3-14,19,23,27-30H,15-18,20H2,1-2H3/t28-,29+/m1/s1. The van der Waals surface area contributed by atoms with Crippen LogP contribution in [0.1, 0.15) is 35.4 Å². The molecule has 0 saturated carbocycles. The van der Waals surface area contributed by atoms with E-state index in [2.05, 4.69) is 76.9 Å². The molecule has 6 rings (SSSR count). The van der Waals surface area contributed by atoms with E-state index in [1.807, 2.05) is 12.1 Å². The zero-order valence-electron chi connectivity index (χ0n) is 19.6. The van der Waals surface area contributed by atoms with Crippen molar-refractivity contribution >= 4 is 0 Å². The van der Waals surface area contributed by atoms with Crippen molar-refractivity contribution in [2.75, 3.05) is 27.3 Å². The van der Waals surface area contributed by atoms with Crippen LogP contribution in [0.15, 0.2) is 78.9 Å². The molecule has 3 aromatic carbocycles. The number of ether oxygens (including phenoxy) is 2. The molecule has 3 aromatic rings. The van der Waals surface area contributed by atoms with Gasteiger partial charge in [-0.2, -0.15) is 0 Å². The molecule has 4 nitrogen and oxygen atoms in total. The number of nitrogens with one attached hydrogen (secondary N) is 1. The highest BCUT2D eigenvalue weighted by atomic mass is 16.5. The maximum atomic E-state index is 5.65. The Bertz CT molecular complexity index is 993. The molecule has 2 atom stereocenters. The van der Waals surface area contributed by atoms with Crippen molar-refractivity contribution in [2.45, 2.75) is 37.4 Å². The first-order chi connectivity index (χ1) is 16.3. The molecule has 1 N–H and O–H groups in total. The van der Waals surface area contributed by atoms with E-state index >= 15 is 0 Å². The lowest BCUT2D eigenvalue weighted by atomic mass is 9.70. The van der Waals surface area contributed by atoms with Crippen molar-refractivity contribution in [2.24, 2.45) is 5.92 Å². The molecule has 3 fully saturated rings. The number of rotatable bonds is 8. The van der Waals surface area contributed by atoms with Gasteiger partial charge in [0.1, 0.15) is 11.5 Å². The second kappa shape index (κ2) is 9.98. The Morgan fingerprint density at radius 3 is 2.06 bits per heavy atom. The van der Waals surface area contributed by atoms with Crippen LogP contribution >= 0.6 is 0 Å². The third-order valence-corrected chi connectivity index (χ3v) is 7.55. The molecule has 0 aromatic heterocycles. The Hall–Kier alpha value is -2.82. The predicted octanol–water partition coefficient (Wildman–Crippen LogP) is 5.09. The second-order valence-electron chi connectivity index (χ2n) is 9.25. The van der Waals surface area contributed by atoms with E-state index < -0.39 is 0 Å². The summed E-state index contributed by atoms with van der Waals surface area (Å²) in [6.07, 6.45) is 2.53. The van der Waals surface area contributed by atoms with Crippen LogP contribution in [-0.2, 0) is 6.54 Å². The fraction of sp³-hybridized carbons (Fsp3) is 0.379. The van der Waals surface area contributed by atoms with Gasteiger partial charge in [-0.3, -0.25) is 4.90 Å². The first kappa shape index (κ1) is 22.0. The molecule has 3 aliphatic rings. The Morgan fingerprint density at radius 2 is 1.48 bits per heavy atom. The summed E-state index contributed by atoms with van der Waals surface area (Å²) in [4.78, 5) is 2.73. The molecule has 0 radical (unpaired) electrons. The van der Waals surface area contributed by atoms with Crippen LogP contribution in [0.5, 0.6) is 11.5 Å². The van der Waals surface area contributed by atoms with Crippen molar-refractivity contribution in [1.82, 2.24) is 10.2 Å². The molecule has 0 aliphatic carbocycles. The van der Waals surface area contributed by atoms with Gasteiger partial charge in [-0.1, -0.05) is 60.7 Å². The van der Waals surface area contributed by atoms with E-state index in [9.17, 15) is 0 Å². The van der Waals surface area contributed by atoms with Crippen LogP contribution < -0.4 is 14.8 Å². The summed E-state index contributed by atoms with van der Waals surface area (Å²) < 4.78 is 11.1. The minimum absolute atomic E-state index is 0.334. The molecule has 3 aliphatic heterocycles. The van der Waals surface area contributed by atoms with Crippen molar-refractivity contribution in [3.63, 3.8) is 0 Å². The first-order valence-corrected chi connectivity index (χ1v) is 12.1. The molecule has 0 amide bonds. The van der Waals surface area contributed by atoms with Crippen molar-refractivity contribution in [3.05, 3.63) is 95.6 Å². The highest BCUT2D eigenvalue weighted by molar-refractivity contribution is 5.41. The lowest BCUT2D eigenvalue weighted by molar-refractivity contribution is 0.00462. The normalized spacial score (nSPS) is 24.1. The van der Waals surface area contributed by atoms with Gasteiger partial charge in [-0.15, -0.1) is 0 Å². The monoisotopic (exact) mass is 442 g/mol. The predicted molar refractivity (Wildman–Crippen MR) is 133 cm³/mol. The van der Waals surface area contributed by atoms with Gasteiger partial charge in [0.25, 0.3) is 0 Å². The Labute approximate surface area is 197 Å². The summed E-state index contributed by atoms with van der Waals surface area (Å²) in [6.45, 7) is 3.14. The van der Waals surface area contributed by atoms with E-state index in [4.69, 9.17) is 9.47 Å². The summed E-state index contributed by atoms with van der Waals surface area (Å²) in [5, 5.41) is 3.99. The van der Waals surface area contributed by atoms with Crippen LogP contribution in [0, 0.1) is 5.92 Å². The Kier molecular flexibility index (Phi) is 6.65. The van der Waals surface area contributed by atoms with E-state index in [-0.39, 0.29) is 0 Å². The summed E-state index contributed by atoms with van der Waals surface area (Å²) >= 11 is 0. The van der Waals surface area contributed by atoms with Crippen LogP contribution in [0.3, 0.4) is 0 Å². The van der Waals surface area contributed by atoms with Crippen LogP contribution in [0.4, 0.5) is 0 Å². The summed E-state index contributed by atoms with van der Waals surface area (Å²) in [5.74, 6) is 2.79. The average Bonchev–Trinajstić information content (AvgIpc) is 2.90. The van der Waals surface area contributed by atoms with Crippen molar-refractivity contribution < 1.29 is 9.47 Å². The zero-order chi connectivity index (χ0) is 22.6. The smallest absolute Gasteiger partial charge is 0.123 e. The maximum Gasteiger partial charge on any atom is 0.123 e. The Balaban J connectivity index is 1.48. The third-order valence-electron chi connectivity index (χ3n) is 7.55. The summed E-state index contributed by atoms with van der Waals surface area (Å²) in [5.41, 5.74) is 3.93. The van der Waals surface area contributed by atoms with Crippen LogP contribution in [0.25, 0.3) is 0 Å². The lowest BCUT2D eigenvalue weighted by Gasteiger charge is -2.54. The molecule has 2 bridgehead atoms. The highest BCUT2D eigenvalue weighted by Crippen LogP contribution is 2.42. The largest absolute Gasteiger partial charge is 0.497 e. The van der Waals surface area contributed by atoms with E-state index in [0.29, 0.717) is 23.9 Å². The van der Waals surface area contributed by atoms with Crippen LogP contribution in [0.2, 0.25) is 0 Å². The molecule has 33 heavy (non-hydrogen) atoms. The molecule has 3 heterocycles. The van der Waals surface area contributed by atoms with E-state index in [1.165, 1.54) is 37.1 Å². The fourth-order valence-electron chi connectivity index (χ4n) is 5.94. The van der Waals surface area contributed by atoms with E-state index in [0.717, 1.165) is 23.6 Å². The molecule has 4 heteroatoms. The molecular weight excluding hydrogens is 408 g/mol. The zero-order valence-corrected chi connectivity index (χ0v) is 19.6. The number of fused-ring (bicyclic) bond motifs is 3. The molecule has 0 spiro atoms. The SMILES string of the molecule is COc1ccc(OC)c(CN[C@@H]2C3CCN(CC3)[C@H]2C(c2ccccc2)c2ccccc2)c1. The lowest BCUT2D eigenvalue weighted by Crippen LogP contribution is -2.64. The topological polar surface area (TPSA) is 33.7 Å². The first-order valence-electron chi connectivity index (χ1n) is 12.1. The Morgan fingerprint density at radius 1 is 0.848 bits per heavy atom. The fourth-order valence-corrected chi connectivity index (χ4v) is 5.94. The number of benzene rings is 3. The summed E-state index contributed by atoms with van der Waals surface area (Å²) in [6, 6.07) is 29.0. The van der Waals surface area contributed by atoms with Gasteiger partial charge < -0.3 is 14.8 Å². The van der Waals surface area contributed by atoms with Gasteiger partial charge in [0.05, 0.1) is 14.2 Å². The molecule has 172 valence electrons. The molecule has 3 saturated heterocycles. The number of methoxy groups -OCH3 is 2. The third kappa shape index (κ3) is 4.50. The number of hydrogen-bond acceptors (Lipinski definition) is 4. The van der Waals surface area contributed by atoms with Gasteiger partial charge >= 0.3 is 0 Å².